The second kappa shape index (κ2) is 10.4. The molecule has 1 saturated heterocycles. The van der Waals surface area contributed by atoms with Gasteiger partial charge in [-0.1, -0.05) is 18.2 Å². The number of hydrogen-bond acceptors (Lipinski definition) is 7. The van der Waals surface area contributed by atoms with Crippen molar-refractivity contribution in [3.8, 4) is 11.5 Å². The number of carbonyl (C=O) groups excluding carboxylic acids is 2. The van der Waals surface area contributed by atoms with Crippen molar-refractivity contribution in [2.24, 2.45) is 0 Å². The molecule has 0 aromatic heterocycles. The first-order valence-corrected chi connectivity index (χ1v) is 11.2. The smallest absolute Gasteiger partial charge is 0.343 e. The van der Waals surface area contributed by atoms with E-state index in [9.17, 15) is 9.59 Å². The lowest BCUT2D eigenvalue weighted by Gasteiger charge is -2.21. The third kappa shape index (κ3) is 5.81. The van der Waals surface area contributed by atoms with E-state index >= 15 is 0 Å². The summed E-state index contributed by atoms with van der Waals surface area (Å²) in [6.07, 6.45) is 4.15. The van der Waals surface area contributed by atoms with E-state index < -0.39 is 11.9 Å². The highest BCUT2D eigenvalue weighted by molar-refractivity contribution is 8.16. The van der Waals surface area contributed by atoms with E-state index in [1.54, 1.807) is 36.4 Å². The molecule has 0 bridgehead atoms. The number of ether oxygens (including phenoxy) is 3. The Morgan fingerprint density at radius 1 is 1.00 bits per heavy atom. The molecule has 0 atom stereocenters. The summed E-state index contributed by atoms with van der Waals surface area (Å²) in [6, 6.07) is 12.6. The third-order valence-corrected chi connectivity index (χ3v) is 7.26. The highest BCUT2D eigenvalue weighted by Crippen LogP contribution is 2.43. The highest BCUT2D eigenvalue weighted by Gasteiger charge is 2.18. The van der Waals surface area contributed by atoms with E-state index in [0.717, 1.165) is 5.56 Å². The van der Waals surface area contributed by atoms with Gasteiger partial charge in [0.25, 0.3) is 0 Å². The van der Waals surface area contributed by atoms with Crippen molar-refractivity contribution in [1.82, 2.24) is 0 Å². The summed E-state index contributed by atoms with van der Waals surface area (Å²) in [5, 5.41) is 0. The predicted octanol–water partition coefficient (Wildman–Crippen LogP) is 4.97. The molecule has 0 N–H and O–H groups in total. The Bertz CT molecular complexity index is 887. The van der Waals surface area contributed by atoms with Gasteiger partial charge < -0.3 is 14.2 Å². The van der Waals surface area contributed by atoms with Crippen LogP contribution >= 0.6 is 23.5 Å². The molecule has 0 spiro atoms. The largest absolute Gasteiger partial charge is 0.493 e. The Morgan fingerprint density at radius 3 is 2.38 bits per heavy atom. The van der Waals surface area contributed by atoms with Gasteiger partial charge in [0, 0.05) is 6.08 Å². The van der Waals surface area contributed by atoms with Crippen LogP contribution in [0.4, 0.5) is 0 Å². The van der Waals surface area contributed by atoms with E-state index in [0.29, 0.717) is 21.6 Å². The van der Waals surface area contributed by atoms with Crippen LogP contribution in [-0.2, 0) is 9.53 Å². The number of rotatable bonds is 6. The fourth-order valence-electron chi connectivity index (χ4n) is 2.72. The van der Waals surface area contributed by atoms with Crippen LogP contribution < -0.4 is 9.47 Å². The quantitative estimate of drug-likeness (QED) is 0.364. The summed E-state index contributed by atoms with van der Waals surface area (Å²) in [5.41, 5.74) is 2.42. The summed E-state index contributed by atoms with van der Waals surface area (Å²) in [4.78, 5) is 23.8. The van der Waals surface area contributed by atoms with Crippen LogP contribution in [0, 0.1) is 0 Å². The molecule has 7 heteroatoms. The number of carbonyl (C=O) groups is 2. The molecule has 1 aliphatic heterocycles. The molecule has 152 valence electrons. The van der Waals surface area contributed by atoms with E-state index in [1.807, 2.05) is 35.7 Å². The number of benzene rings is 2. The topological polar surface area (TPSA) is 61.8 Å². The normalized spacial score (nSPS) is 14.6. The molecule has 0 radical (unpaired) electrons. The summed E-state index contributed by atoms with van der Waals surface area (Å²) in [7, 11) is 2.81. The van der Waals surface area contributed by atoms with Crippen LogP contribution in [0.15, 0.2) is 48.5 Å². The SMILES string of the molecule is COC(=O)/C=C/c1ccc(OC(=O)c2ccc(C3SCCCS3)cc2)c(OC)c1. The van der Waals surface area contributed by atoms with E-state index in [4.69, 9.17) is 9.47 Å². The van der Waals surface area contributed by atoms with Gasteiger partial charge in [0.15, 0.2) is 11.5 Å². The average molecular weight is 431 g/mol. The standard InChI is InChI=1S/C22H22O5S2/c1-25-19-14-15(5-11-20(23)26-2)4-10-18(19)27-21(24)16-6-8-17(9-7-16)22-28-12-3-13-29-22/h4-11,14,22H,3,12-13H2,1-2H3/b11-5+. The molecule has 2 aromatic rings. The molecule has 2 aromatic carbocycles. The number of methoxy groups -OCH3 is 2. The molecule has 3 rings (SSSR count). The van der Waals surface area contributed by atoms with Gasteiger partial charge in [-0.15, -0.1) is 23.5 Å². The van der Waals surface area contributed by atoms with Gasteiger partial charge in [0.2, 0.25) is 0 Å². The molecule has 0 aliphatic carbocycles. The highest BCUT2D eigenvalue weighted by atomic mass is 32.2. The van der Waals surface area contributed by atoms with Crippen LogP contribution in [0.25, 0.3) is 6.08 Å². The molecule has 1 heterocycles. The van der Waals surface area contributed by atoms with Gasteiger partial charge in [-0.25, -0.2) is 9.59 Å². The third-order valence-electron chi connectivity index (χ3n) is 4.25. The van der Waals surface area contributed by atoms with Gasteiger partial charge in [-0.3, -0.25) is 0 Å². The second-order valence-electron chi connectivity index (χ2n) is 6.21. The molecule has 5 nitrogen and oxygen atoms in total. The van der Waals surface area contributed by atoms with Crippen LogP contribution in [0.1, 0.15) is 32.5 Å². The maximum Gasteiger partial charge on any atom is 0.343 e. The molecule has 0 saturated carbocycles. The fourth-order valence-corrected chi connectivity index (χ4v) is 5.61. The van der Waals surface area contributed by atoms with Gasteiger partial charge in [-0.2, -0.15) is 0 Å². The average Bonchev–Trinajstić information content (AvgIpc) is 2.78. The maximum absolute atomic E-state index is 12.5. The lowest BCUT2D eigenvalue weighted by atomic mass is 10.1. The van der Waals surface area contributed by atoms with E-state index in [1.165, 1.54) is 43.8 Å². The Labute approximate surface area is 178 Å². The Balaban J connectivity index is 1.69. The zero-order chi connectivity index (χ0) is 20.6. The molecular weight excluding hydrogens is 408 g/mol. The Kier molecular flexibility index (Phi) is 7.66. The minimum absolute atomic E-state index is 0.315. The van der Waals surface area contributed by atoms with E-state index in [-0.39, 0.29) is 0 Å². The first-order valence-electron chi connectivity index (χ1n) is 9.10. The van der Waals surface area contributed by atoms with Gasteiger partial charge in [0.1, 0.15) is 0 Å². The van der Waals surface area contributed by atoms with Crippen LogP contribution in [-0.4, -0.2) is 37.7 Å². The summed E-state index contributed by atoms with van der Waals surface area (Å²) in [6.45, 7) is 0. The summed E-state index contributed by atoms with van der Waals surface area (Å²) in [5.74, 6) is 2.16. The van der Waals surface area contributed by atoms with E-state index in [2.05, 4.69) is 4.74 Å². The van der Waals surface area contributed by atoms with Gasteiger partial charge in [-0.05, 0) is 59.4 Å². The monoisotopic (exact) mass is 430 g/mol. The first-order chi connectivity index (χ1) is 14.1. The van der Waals surface area contributed by atoms with Gasteiger partial charge in [0.05, 0.1) is 24.4 Å². The van der Waals surface area contributed by atoms with Crippen LogP contribution in [0.3, 0.4) is 0 Å². The maximum atomic E-state index is 12.5. The van der Waals surface area contributed by atoms with Crippen LogP contribution in [0.5, 0.6) is 11.5 Å². The first kappa shape index (κ1) is 21.3. The Hall–Kier alpha value is -2.38. The van der Waals surface area contributed by atoms with Gasteiger partial charge >= 0.3 is 11.9 Å². The summed E-state index contributed by atoms with van der Waals surface area (Å²) < 4.78 is 15.8. The predicted molar refractivity (Wildman–Crippen MR) is 118 cm³/mol. The molecule has 0 amide bonds. The van der Waals surface area contributed by atoms with Crippen molar-refractivity contribution in [3.05, 3.63) is 65.2 Å². The van der Waals surface area contributed by atoms with Crippen LogP contribution in [0.2, 0.25) is 0 Å². The molecule has 29 heavy (non-hydrogen) atoms. The molecule has 0 unspecified atom stereocenters. The number of hydrogen-bond donors (Lipinski definition) is 0. The second-order valence-corrected chi connectivity index (χ2v) is 8.93. The molecular formula is C22H22O5S2. The summed E-state index contributed by atoms with van der Waals surface area (Å²) >= 11 is 3.88. The molecule has 1 aliphatic rings. The lowest BCUT2D eigenvalue weighted by molar-refractivity contribution is -0.134. The molecule has 1 fully saturated rings. The van der Waals surface area contributed by atoms with Crippen molar-refractivity contribution in [3.63, 3.8) is 0 Å². The minimum atomic E-state index is -0.451. The number of thioether (sulfide) groups is 2. The zero-order valence-corrected chi connectivity index (χ0v) is 17.9. The number of esters is 2. The van der Waals surface area contributed by atoms with Crippen molar-refractivity contribution >= 4 is 41.5 Å². The lowest BCUT2D eigenvalue weighted by Crippen LogP contribution is -2.09. The fraction of sp³-hybridized carbons (Fsp3) is 0.273. The Morgan fingerprint density at radius 2 is 1.72 bits per heavy atom. The van der Waals surface area contributed by atoms with Crippen molar-refractivity contribution in [2.75, 3.05) is 25.7 Å². The minimum Gasteiger partial charge on any atom is -0.493 e. The zero-order valence-electron chi connectivity index (χ0n) is 16.3. The van der Waals surface area contributed by atoms with Crippen molar-refractivity contribution < 1.29 is 23.8 Å². The van der Waals surface area contributed by atoms with Crippen molar-refractivity contribution in [1.29, 1.82) is 0 Å². The van der Waals surface area contributed by atoms with Crippen molar-refractivity contribution in [2.45, 2.75) is 11.0 Å².